The van der Waals surface area contributed by atoms with Gasteiger partial charge in [0.25, 0.3) is 0 Å². The van der Waals surface area contributed by atoms with Gasteiger partial charge in [-0.3, -0.25) is 5.10 Å². The minimum Gasteiger partial charge on any atom is -0.317 e. The van der Waals surface area contributed by atoms with Crippen molar-refractivity contribution in [1.29, 1.82) is 0 Å². The quantitative estimate of drug-likeness (QED) is 0.550. The monoisotopic (exact) mass is 463 g/mol. The third kappa shape index (κ3) is 5.13. The molecule has 1 aliphatic rings. The molecule has 170 valence electrons. The maximum Gasteiger partial charge on any atom is 0.435 e. The van der Waals surface area contributed by atoms with Gasteiger partial charge in [0, 0.05) is 24.7 Å². The molecule has 1 aromatic carbocycles. The molecular weight excluding hydrogens is 439 g/mol. The number of nitrogens with one attached hydrogen (secondary N) is 2. The summed E-state index contributed by atoms with van der Waals surface area (Å²) in [6.07, 6.45) is -0.0546. The topological polar surface area (TPSA) is 66.5 Å². The van der Waals surface area contributed by atoms with Crippen molar-refractivity contribution in [3.8, 4) is 0 Å². The Balaban J connectivity index is 1.54. The molecule has 3 heterocycles. The lowest BCUT2D eigenvalue weighted by molar-refractivity contribution is -0.141. The number of piperidine rings is 1. The van der Waals surface area contributed by atoms with Gasteiger partial charge < -0.3 is 5.32 Å². The Kier molecular flexibility index (Phi) is 6.53. The molecule has 0 amide bonds. The third-order valence-corrected chi connectivity index (χ3v) is 6.31. The molecule has 2 N–H and O–H groups in total. The van der Waals surface area contributed by atoms with E-state index >= 15 is 0 Å². The van der Waals surface area contributed by atoms with Gasteiger partial charge in [-0.25, -0.2) is 9.97 Å². The van der Waals surface area contributed by atoms with Gasteiger partial charge in [0.15, 0.2) is 5.69 Å². The fourth-order valence-electron chi connectivity index (χ4n) is 4.26. The molecule has 0 aliphatic carbocycles. The van der Waals surface area contributed by atoms with Crippen LogP contribution in [-0.2, 0) is 19.0 Å². The average Bonchev–Trinajstić information content (AvgIpc) is 3.23. The Bertz CT molecular complexity index is 1100. The maximum atomic E-state index is 12.8. The predicted octanol–water partition coefficient (Wildman–Crippen LogP) is 5.14. The predicted molar refractivity (Wildman–Crippen MR) is 117 cm³/mol. The Labute approximate surface area is 189 Å². The molecule has 32 heavy (non-hydrogen) atoms. The van der Waals surface area contributed by atoms with Gasteiger partial charge in [-0.05, 0) is 74.0 Å². The molecular formula is C23H25ClF3N5. The zero-order valence-electron chi connectivity index (χ0n) is 18.0. The van der Waals surface area contributed by atoms with Crippen molar-refractivity contribution in [1.82, 2.24) is 25.5 Å². The molecule has 1 saturated heterocycles. The standard InChI is InChI=1S/C23H25ClF3N5/c1-13-8-18(15-3-5-28-6-4-15)14(2)7-16(13)9-22-29-12-19(24)20(30-22)10-17-11-21(32-31-17)23(25,26)27/h7-8,11-12,15,28H,3-6,9-10H2,1-2H3,(H,31,32). The van der Waals surface area contributed by atoms with Gasteiger partial charge in [0.05, 0.1) is 10.7 Å². The van der Waals surface area contributed by atoms with Crippen LogP contribution in [0.1, 0.15) is 63.9 Å². The number of H-pyrrole nitrogens is 1. The first-order valence-electron chi connectivity index (χ1n) is 10.6. The first kappa shape index (κ1) is 22.7. The van der Waals surface area contributed by atoms with Crippen molar-refractivity contribution < 1.29 is 13.2 Å². The summed E-state index contributed by atoms with van der Waals surface area (Å²) in [6, 6.07) is 5.46. The van der Waals surface area contributed by atoms with E-state index in [1.807, 2.05) is 0 Å². The molecule has 5 nitrogen and oxygen atoms in total. The smallest absolute Gasteiger partial charge is 0.317 e. The van der Waals surface area contributed by atoms with E-state index in [-0.39, 0.29) is 6.42 Å². The van der Waals surface area contributed by atoms with Crippen molar-refractivity contribution in [2.24, 2.45) is 0 Å². The average molecular weight is 464 g/mol. The molecule has 0 radical (unpaired) electrons. The lowest BCUT2D eigenvalue weighted by Crippen LogP contribution is -2.27. The fraction of sp³-hybridized carbons (Fsp3) is 0.435. The summed E-state index contributed by atoms with van der Waals surface area (Å²) in [5.41, 5.74) is 4.80. The van der Waals surface area contributed by atoms with Gasteiger partial charge >= 0.3 is 6.18 Å². The SMILES string of the molecule is Cc1cc(C2CCNCC2)c(C)cc1Cc1ncc(Cl)c(Cc2cc(C(F)(F)F)n[nH]2)n1. The first-order chi connectivity index (χ1) is 15.2. The van der Waals surface area contributed by atoms with Gasteiger partial charge in [-0.2, -0.15) is 18.3 Å². The molecule has 0 unspecified atom stereocenters. The Morgan fingerprint density at radius 2 is 1.81 bits per heavy atom. The van der Waals surface area contributed by atoms with E-state index in [0.29, 0.717) is 34.6 Å². The highest BCUT2D eigenvalue weighted by Crippen LogP contribution is 2.31. The van der Waals surface area contributed by atoms with Crippen molar-refractivity contribution in [3.05, 3.63) is 74.6 Å². The molecule has 0 spiro atoms. The minimum atomic E-state index is -4.49. The van der Waals surface area contributed by atoms with Crippen molar-refractivity contribution in [2.45, 2.75) is 51.6 Å². The molecule has 0 atom stereocenters. The number of hydrogen-bond donors (Lipinski definition) is 2. The number of benzene rings is 1. The van der Waals surface area contributed by atoms with E-state index in [1.165, 1.54) is 22.9 Å². The zero-order valence-corrected chi connectivity index (χ0v) is 18.7. The summed E-state index contributed by atoms with van der Waals surface area (Å²) >= 11 is 6.22. The molecule has 1 fully saturated rings. The number of hydrogen-bond acceptors (Lipinski definition) is 4. The fourth-order valence-corrected chi connectivity index (χ4v) is 4.42. The van der Waals surface area contributed by atoms with Crippen LogP contribution in [0, 0.1) is 13.8 Å². The normalized spacial score (nSPS) is 15.3. The second-order valence-corrected chi connectivity index (χ2v) is 8.78. The Morgan fingerprint density at radius 1 is 1.06 bits per heavy atom. The van der Waals surface area contributed by atoms with Crippen LogP contribution in [0.3, 0.4) is 0 Å². The van der Waals surface area contributed by atoms with Crippen LogP contribution in [0.2, 0.25) is 5.02 Å². The number of nitrogens with zero attached hydrogens (tertiary/aromatic N) is 3. The van der Waals surface area contributed by atoms with Gasteiger partial charge in [-0.15, -0.1) is 0 Å². The Morgan fingerprint density at radius 3 is 2.50 bits per heavy atom. The number of halogens is 4. The molecule has 9 heteroatoms. The maximum absolute atomic E-state index is 12.8. The van der Waals surface area contributed by atoms with Crippen molar-refractivity contribution in [3.63, 3.8) is 0 Å². The number of rotatable bonds is 5. The lowest BCUT2D eigenvalue weighted by Gasteiger charge is -2.25. The molecule has 0 bridgehead atoms. The number of alkyl halides is 3. The highest BCUT2D eigenvalue weighted by atomic mass is 35.5. The zero-order chi connectivity index (χ0) is 22.9. The van der Waals surface area contributed by atoms with E-state index in [1.54, 1.807) is 0 Å². The summed E-state index contributed by atoms with van der Waals surface area (Å²) < 4.78 is 38.4. The van der Waals surface area contributed by atoms with Crippen LogP contribution >= 0.6 is 11.6 Å². The van der Waals surface area contributed by atoms with Crippen LogP contribution in [-0.4, -0.2) is 33.3 Å². The second kappa shape index (κ2) is 9.19. The summed E-state index contributed by atoms with van der Waals surface area (Å²) in [4.78, 5) is 8.88. The first-order valence-corrected chi connectivity index (χ1v) is 11.0. The van der Waals surface area contributed by atoms with Crippen LogP contribution in [0.25, 0.3) is 0 Å². The number of aryl methyl sites for hydroxylation is 2. The Hall–Kier alpha value is -2.45. The van der Waals surface area contributed by atoms with Gasteiger partial charge in [0.1, 0.15) is 5.82 Å². The number of aromatic amines is 1. The van der Waals surface area contributed by atoms with E-state index in [2.05, 4.69) is 51.5 Å². The summed E-state index contributed by atoms with van der Waals surface area (Å²) in [6.45, 7) is 6.34. The molecule has 3 aromatic rings. The molecule has 2 aromatic heterocycles. The summed E-state index contributed by atoms with van der Waals surface area (Å²) in [7, 11) is 0. The number of aromatic nitrogens is 4. The van der Waals surface area contributed by atoms with Crippen LogP contribution in [0.5, 0.6) is 0 Å². The van der Waals surface area contributed by atoms with E-state index in [0.717, 1.165) is 37.6 Å². The largest absolute Gasteiger partial charge is 0.435 e. The minimum absolute atomic E-state index is 0.115. The van der Waals surface area contributed by atoms with Crippen molar-refractivity contribution >= 4 is 11.6 Å². The van der Waals surface area contributed by atoms with Gasteiger partial charge in [-0.1, -0.05) is 23.7 Å². The van der Waals surface area contributed by atoms with Crippen LogP contribution in [0.15, 0.2) is 24.4 Å². The highest BCUT2D eigenvalue weighted by molar-refractivity contribution is 6.31. The second-order valence-electron chi connectivity index (χ2n) is 8.37. The van der Waals surface area contributed by atoms with E-state index in [9.17, 15) is 13.2 Å². The van der Waals surface area contributed by atoms with Gasteiger partial charge in [0.2, 0.25) is 0 Å². The summed E-state index contributed by atoms with van der Waals surface area (Å²) in [5.74, 6) is 1.16. The van der Waals surface area contributed by atoms with E-state index < -0.39 is 11.9 Å². The lowest BCUT2D eigenvalue weighted by atomic mass is 9.85. The molecule has 4 rings (SSSR count). The molecule has 1 aliphatic heterocycles. The molecule has 0 saturated carbocycles. The third-order valence-electron chi connectivity index (χ3n) is 6.00. The van der Waals surface area contributed by atoms with E-state index in [4.69, 9.17) is 11.6 Å². The van der Waals surface area contributed by atoms with Crippen molar-refractivity contribution in [2.75, 3.05) is 13.1 Å². The highest BCUT2D eigenvalue weighted by Gasteiger charge is 2.33. The van der Waals surface area contributed by atoms with Crippen LogP contribution < -0.4 is 5.32 Å². The summed E-state index contributed by atoms with van der Waals surface area (Å²) in [5, 5.41) is 9.47. The van der Waals surface area contributed by atoms with Crippen LogP contribution in [0.4, 0.5) is 13.2 Å².